The highest BCUT2D eigenvalue weighted by Gasteiger charge is 2.18. The molecule has 0 spiro atoms. The van der Waals surface area contributed by atoms with Crippen LogP contribution in [0, 0.1) is 18.6 Å². The number of rotatable bonds is 4. The topological polar surface area (TPSA) is 76.7 Å². The highest BCUT2D eigenvalue weighted by Crippen LogP contribution is 2.35. The van der Waals surface area contributed by atoms with E-state index in [1.807, 2.05) is 26.0 Å². The van der Waals surface area contributed by atoms with Crippen LogP contribution in [0.1, 0.15) is 18.4 Å². The van der Waals surface area contributed by atoms with Gasteiger partial charge in [0, 0.05) is 35.5 Å². The van der Waals surface area contributed by atoms with Gasteiger partial charge in [-0.15, -0.1) is 12.4 Å². The lowest BCUT2D eigenvalue weighted by atomic mass is 10.1. The van der Waals surface area contributed by atoms with Gasteiger partial charge in [0.1, 0.15) is 11.6 Å². The lowest BCUT2D eigenvalue weighted by molar-refractivity contribution is 0.423. The van der Waals surface area contributed by atoms with Gasteiger partial charge in [0.05, 0.1) is 11.3 Å². The normalized spacial score (nSPS) is 10.7. The van der Waals surface area contributed by atoms with E-state index in [1.165, 1.54) is 12.1 Å². The van der Waals surface area contributed by atoms with Crippen molar-refractivity contribution in [3.05, 3.63) is 59.7 Å². The third kappa shape index (κ3) is 3.77. The van der Waals surface area contributed by atoms with Crippen molar-refractivity contribution in [1.29, 1.82) is 0 Å². The molecule has 0 unspecified atom stereocenters. The van der Waals surface area contributed by atoms with Crippen molar-refractivity contribution in [2.45, 2.75) is 20.3 Å². The van der Waals surface area contributed by atoms with Crippen LogP contribution in [0.15, 0.2) is 41.1 Å². The number of nitrogens with zero attached hydrogens (tertiary/aromatic N) is 4. The van der Waals surface area contributed by atoms with E-state index in [4.69, 9.17) is 4.52 Å². The van der Waals surface area contributed by atoms with E-state index in [1.54, 1.807) is 6.20 Å². The first-order valence-corrected chi connectivity index (χ1v) is 8.36. The number of pyridine rings is 2. The third-order valence-electron chi connectivity index (χ3n) is 4.02. The number of benzene rings is 1. The predicted molar refractivity (Wildman–Crippen MR) is 104 cm³/mol. The predicted octanol–water partition coefficient (Wildman–Crippen LogP) is 4.99. The average molecular weight is 404 g/mol. The number of hydrogen-bond acceptors (Lipinski definition) is 6. The second kappa shape index (κ2) is 7.85. The van der Waals surface area contributed by atoms with Gasteiger partial charge in [-0.2, -0.15) is 4.98 Å². The number of aryl methyl sites for hydroxylation is 2. The fourth-order valence-electron chi connectivity index (χ4n) is 2.75. The van der Waals surface area contributed by atoms with E-state index in [0.717, 1.165) is 11.8 Å². The Kier molecular flexibility index (Phi) is 5.51. The Morgan fingerprint density at radius 2 is 1.82 bits per heavy atom. The highest BCUT2D eigenvalue weighted by atomic mass is 35.5. The van der Waals surface area contributed by atoms with E-state index >= 15 is 0 Å². The van der Waals surface area contributed by atoms with Crippen LogP contribution >= 0.6 is 12.4 Å². The number of hydrogen-bond donors (Lipinski definition) is 1. The Bertz CT molecular complexity index is 1130. The van der Waals surface area contributed by atoms with E-state index < -0.39 is 11.6 Å². The summed E-state index contributed by atoms with van der Waals surface area (Å²) in [5.41, 5.74) is 2.59. The van der Waals surface area contributed by atoms with Gasteiger partial charge < -0.3 is 9.84 Å². The van der Waals surface area contributed by atoms with Crippen molar-refractivity contribution in [2.75, 3.05) is 5.32 Å². The summed E-state index contributed by atoms with van der Waals surface area (Å²) in [4.78, 5) is 13.1. The molecule has 1 N–H and O–H groups in total. The minimum atomic E-state index is -0.683. The quantitative estimate of drug-likeness (QED) is 0.517. The number of anilines is 2. The first-order chi connectivity index (χ1) is 13.0. The van der Waals surface area contributed by atoms with Crippen LogP contribution in [0.3, 0.4) is 0 Å². The van der Waals surface area contributed by atoms with Crippen LogP contribution in [0.2, 0.25) is 0 Å². The van der Waals surface area contributed by atoms with Crippen molar-refractivity contribution >= 4 is 34.8 Å². The maximum Gasteiger partial charge on any atom is 0.261 e. The molecule has 0 amide bonds. The largest absolute Gasteiger partial charge is 0.354 e. The van der Waals surface area contributed by atoms with Crippen LogP contribution < -0.4 is 5.32 Å². The molecule has 144 valence electrons. The van der Waals surface area contributed by atoms with E-state index in [0.29, 0.717) is 34.5 Å². The van der Waals surface area contributed by atoms with Gasteiger partial charge >= 0.3 is 0 Å². The van der Waals surface area contributed by atoms with Gasteiger partial charge in [0.2, 0.25) is 0 Å². The molecule has 9 heteroatoms. The van der Waals surface area contributed by atoms with Crippen LogP contribution in [0.4, 0.5) is 20.2 Å². The summed E-state index contributed by atoms with van der Waals surface area (Å²) in [6, 6.07) is 6.88. The minimum absolute atomic E-state index is 0. The Hall–Kier alpha value is -3.13. The van der Waals surface area contributed by atoms with Crippen molar-refractivity contribution in [3.8, 4) is 11.5 Å². The molecule has 0 radical (unpaired) electrons. The number of fused-ring (bicyclic) bond motifs is 1. The summed E-state index contributed by atoms with van der Waals surface area (Å²) in [6.45, 7) is 3.77. The molecule has 0 atom stereocenters. The van der Waals surface area contributed by atoms with E-state index in [-0.39, 0.29) is 24.0 Å². The van der Waals surface area contributed by atoms with Crippen LogP contribution in [0.25, 0.3) is 22.5 Å². The molecule has 0 fully saturated rings. The van der Waals surface area contributed by atoms with Gasteiger partial charge in [-0.25, -0.2) is 18.7 Å². The maximum absolute atomic E-state index is 13.6. The fraction of sp³-hybridized carbons (Fsp3) is 0.158. The van der Waals surface area contributed by atoms with Gasteiger partial charge in [0.25, 0.3) is 5.89 Å². The Labute approximate surface area is 165 Å². The van der Waals surface area contributed by atoms with Crippen molar-refractivity contribution < 1.29 is 13.3 Å². The summed E-state index contributed by atoms with van der Waals surface area (Å²) in [6.07, 6.45) is 2.17. The average Bonchev–Trinajstić information content (AvgIpc) is 3.10. The molecule has 0 aliphatic heterocycles. The van der Waals surface area contributed by atoms with Crippen LogP contribution in [-0.2, 0) is 6.42 Å². The monoisotopic (exact) mass is 403 g/mol. The second-order valence-corrected chi connectivity index (χ2v) is 6.02. The Morgan fingerprint density at radius 1 is 1.07 bits per heavy atom. The van der Waals surface area contributed by atoms with Crippen molar-refractivity contribution in [1.82, 2.24) is 20.1 Å². The van der Waals surface area contributed by atoms with Gasteiger partial charge in [0.15, 0.2) is 11.5 Å². The zero-order chi connectivity index (χ0) is 19.0. The second-order valence-electron chi connectivity index (χ2n) is 6.02. The molecule has 0 saturated heterocycles. The fourth-order valence-corrected chi connectivity index (χ4v) is 2.75. The zero-order valence-corrected chi connectivity index (χ0v) is 15.8. The molecular formula is C19H16ClF2N5O. The van der Waals surface area contributed by atoms with Gasteiger partial charge in [-0.3, -0.25) is 0 Å². The van der Waals surface area contributed by atoms with Crippen LogP contribution in [-0.4, -0.2) is 20.1 Å². The maximum atomic E-state index is 13.6. The highest BCUT2D eigenvalue weighted by molar-refractivity contribution is 5.98. The minimum Gasteiger partial charge on any atom is -0.354 e. The summed E-state index contributed by atoms with van der Waals surface area (Å²) >= 11 is 0. The molecule has 28 heavy (non-hydrogen) atoms. The van der Waals surface area contributed by atoms with Crippen molar-refractivity contribution in [2.24, 2.45) is 0 Å². The Balaban J connectivity index is 0.00000225. The number of aromatic nitrogens is 4. The third-order valence-corrected chi connectivity index (χ3v) is 4.02. The molecule has 0 aliphatic carbocycles. The molecule has 3 aromatic heterocycles. The molecular weight excluding hydrogens is 388 g/mol. The van der Waals surface area contributed by atoms with E-state index in [9.17, 15) is 8.78 Å². The van der Waals surface area contributed by atoms with E-state index in [2.05, 4.69) is 25.4 Å². The standard InChI is InChI=1S/C19H15F2N5O.ClH/c1-3-16-25-19(27-26-16)15-9-22-18-14(5-4-10(2)23-18)17(15)24-13-7-11(20)6-12(21)8-13;/h4-9H,3H2,1-2H3,(H,22,23,24);1H. The first kappa shape index (κ1) is 19.6. The lowest BCUT2D eigenvalue weighted by Crippen LogP contribution is -1.99. The number of halogens is 3. The zero-order valence-electron chi connectivity index (χ0n) is 15.0. The smallest absolute Gasteiger partial charge is 0.261 e. The molecule has 6 nitrogen and oxygen atoms in total. The molecule has 0 aliphatic rings. The lowest BCUT2D eigenvalue weighted by Gasteiger charge is -2.13. The molecule has 4 aromatic rings. The molecule has 0 saturated carbocycles. The molecule has 3 heterocycles. The molecule has 0 bridgehead atoms. The van der Waals surface area contributed by atoms with Gasteiger partial charge in [-0.1, -0.05) is 12.1 Å². The summed E-state index contributed by atoms with van der Waals surface area (Å²) in [5, 5.41) is 7.62. The summed E-state index contributed by atoms with van der Waals surface area (Å²) in [7, 11) is 0. The Morgan fingerprint density at radius 3 is 2.50 bits per heavy atom. The van der Waals surface area contributed by atoms with Crippen molar-refractivity contribution in [3.63, 3.8) is 0 Å². The summed E-state index contributed by atoms with van der Waals surface area (Å²) in [5.74, 6) is -0.550. The van der Waals surface area contributed by atoms with Crippen LogP contribution in [0.5, 0.6) is 0 Å². The van der Waals surface area contributed by atoms with Gasteiger partial charge in [-0.05, 0) is 31.2 Å². The SMILES string of the molecule is CCc1noc(-c2cnc3nc(C)ccc3c2Nc2cc(F)cc(F)c2)n1.Cl. The molecule has 1 aromatic carbocycles. The molecule has 4 rings (SSSR count). The first-order valence-electron chi connectivity index (χ1n) is 8.36. The number of nitrogens with one attached hydrogen (secondary N) is 1. The summed E-state index contributed by atoms with van der Waals surface area (Å²) < 4.78 is 32.6.